The molecule has 1 N–H and O–H groups in total. The van der Waals surface area contributed by atoms with Gasteiger partial charge in [0, 0.05) is 11.7 Å². The molecule has 0 aliphatic carbocycles. The van der Waals surface area contributed by atoms with Crippen LogP contribution in [0.1, 0.15) is 18.5 Å². The summed E-state index contributed by atoms with van der Waals surface area (Å²) in [6.45, 7) is 1.90. The molecule has 1 atom stereocenters. The number of hydrogen-bond donors (Lipinski definition) is 1. The third-order valence-electron chi connectivity index (χ3n) is 2.56. The van der Waals surface area contributed by atoms with E-state index >= 15 is 0 Å². The van der Waals surface area contributed by atoms with Crippen LogP contribution < -0.4 is 5.32 Å². The fraction of sp³-hybridized carbons (Fsp3) is 0.143. The quantitative estimate of drug-likeness (QED) is 0.840. The van der Waals surface area contributed by atoms with Crippen LogP contribution in [-0.2, 0) is 0 Å². The van der Waals surface area contributed by atoms with E-state index in [4.69, 9.17) is 0 Å². The summed E-state index contributed by atoms with van der Waals surface area (Å²) in [6, 6.07) is 12.5. The molecule has 0 aliphatic rings. The van der Waals surface area contributed by atoms with Gasteiger partial charge in [-0.25, -0.2) is 8.78 Å². The summed E-state index contributed by atoms with van der Waals surface area (Å²) in [5.41, 5.74) is 1.51. The second kappa shape index (κ2) is 4.95. The van der Waals surface area contributed by atoms with Crippen molar-refractivity contribution in [2.45, 2.75) is 13.0 Å². The van der Waals surface area contributed by atoms with Gasteiger partial charge >= 0.3 is 0 Å². The predicted octanol–water partition coefficient (Wildman–Crippen LogP) is 4.14. The van der Waals surface area contributed by atoms with Crippen molar-refractivity contribution in [3.63, 3.8) is 0 Å². The molecule has 2 aromatic rings. The fourth-order valence-corrected chi connectivity index (χ4v) is 1.69. The van der Waals surface area contributed by atoms with E-state index in [0.717, 1.165) is 5.56 Å². The van der Waals surface area contributed by atoms with Gasteiger partial charge < -0.3 is 5.32 Å². The third-order valence-corrected chi connectivity index (χ3v) is 2.56. The molecule has 88 valence electrons. The molecule has 0 aliphatic heterocycles. The first kappa shape index (κ1) is 11.6. The molecule has 3 heteroatoms. The van der Waals surface area contributed by atoms with Crippen LogP contribution >= 0.6 is 0 Å². The van der Waals surface area contributed by atoms with Gasteiger partial charge in [0.15, 0.2) is 0 Å². The molecule has 0 heterocycles. The van der Waals surface area contributed by atoms with Crippen molar-refractivity contribution in [2.24, 2.45) is 0 Å². The molecular formula is C14H13F2N. The zero-order chi connectivity index (χ0) is 12.3. The lowest BCUT2D eigenvalue weighted by Gasteiger charge is -2.15. The lowest BCUT2D eigenvalue weighted by molar-refractivity contribution is 0.623. The maximum atomic E-state index is 13.0. The number of rotatable bonds is 3. The van der Waals surface area contributed by atoms with E-state index in [-0.39, 0.29) is 17.7 Å². The standard InChI is InChI=1S/C14H13F2N/c1-10(11-4-2-5-12(15)8-11)17-14-7-3-6-13(16)9-14/h2-10,17H,1H3. The van der Waals surface area contributed by atoms with Gasteiger partial charge in [-0.3, -0.25) is 0 Å². The highest BCUT2D eigenvalue weighted by Crippen LogP contribution is 2.20. The van der Waals surface area contributed by atoms with Crippen molar-refractivity contribution < 1.29 is 8.78 Å². The van der Waals surface area contributed by atoms with Crippen LogP contribution in [0.25, 0.3) is 0 Å². The van der Waals surface area contributed by atoms with E-state index in [1.807, 2.05) is 13.0 Å². The second-order valence-electron chi connectivity index (χ2n) is 3.93. The first-order chi connectivity index (χ1) is 8.15. The van der Waals surface area contributed by atoms with E-state index in [1.54, 1.807) is 18.2 Å². The Labute approximate surface area is 99.1 Å². The van der Waals surface area contributed by atoms with E-state index < -0.39 is 0 Å². The Morgan fingerprint density at radius 3 is 2.24 bits per heavy atom. The molecule has 2 aromatic carbocycles. The fourth-order valence-electron chi connectivity index (χ4n) is 1.69. The summed E-state index contributed by atoms with van der Waals surface area (Å²) in [4.78, 5) is 0. The van der Waals surface area contributed by atoms with Crippen LogP contribution in [0.5, 0.6) is 0 Å². The van der Waals surface area contributed by atoms with Gasteiger partial charge in [0.1, 0.15) is 11.6 Å². The molecule has 0 saturated carbocycles. The average Bonchev–Trinajstić information content (AvgIpc) is 2.29. The van der Waals surface area contributed by atoms with Gasteiger partial charge in [-0.2, -0.15) is 0 Å². The first-order valence-corrected chi connectivity index (χ1v) is 5.43. The van der Waals surface area contributed by atoms with Crippen LogP contribution in [0.2, 0.25) is 0 Å². The minimum Gasteiger partial charge on any atom is -0.378 e. The van der Waals surface area contributed by atoms with Crippen LogP contribution in [-0.4, -0.2) is 0 Å². The molecule has 0 aromatic heterocycles. The van der Waals surface area contributed by atoms with Crippen molar-refractivity contribution in [3.05, 3.63) is 65.7 Å². The predicted molar refractivity (Wildman–Crippen MR) is 64.8 cm³/mol. The number of halogens is 2. The third kappa shape index (κ3) is 3.03. The maximum absolute atomic E-state index is 13.0. The van der Waals surface area contributed by atoms with E-state index in [0.29, 0.717) is 5.69 Å². The highest BCUT2D eigenvalue weighted by Gasteiger charge is 2.06. The lowest BCUT2D eigenvalue weighted by Crippen LogP contribution is -2.06. The summed E-state index contributed by atoms with van der Waals surface area (Å²) < 4.78 is 26.0. The number of hydrogen-bond acceptors (Lipinski definition) is 1. The van der Waals surface area contributed by atoms with Crippen molar-refractivity contribution in [3.8, 4) is 0 Å². The Kier molecular flexibility index (Phi) is 3.38. The Balaban J connectivity index is 2.14. The summed E-state index contributed by atoms with van der Waals surface area (Å²) in [7, 11) is 0. The van der Waals surface area contributed by atoms with E-state index in [1.165, 1.54) is 24.3 Å². The Hall–Kier alpha value is -1.90. The average molecular weight is 233 g/mol. The van der Waals surface area contributed by atoms with Gasteiger partial charge in [-0.05, 0) is 42.8 Å². The Bertz CT molecular complexity index is 511. The molecule has 0 fully saturated rings. The molecule has 17 heavy (non-hydrogen) atoms. The molecule has 0 spiro atoms. The van der Waals surface area contributed by atoms with E-state index in [9.17, 15) is 8.78 Å². The minimum atomic E-state index is -0.290. The molecule has 0 radical (unpaired) electrons. The second-order valence-corrected chi connectivity index (χ2v) is 3.93. The molecule has 0 bridgehead atoms. The summed E-state index contributed by atoms with van der Waals surface area (Å²) in [6.07, 6.45) is 0. The maximum Gasteiger partial charge on any atom is 0.125 e. The van der Waals surface area contributed by atoms with Crippen molar-refractivity contribution in [1.29, 1.82) is 0 Å². The minimum absolute atomic E-state index is 0.0764. The van der Waals surface area contributed by atoms with Crippen molar-refractivity contribution in [1.82, 2.24) is 0 Å². The lowest BCUT2D eigenvalue weighted by atomic mass is 10.1. The van der Waals surface area contributed by atoms with Gasteiger partial charge in [-0.1, -0.05) is 18.2 Å². The van der Waals surface area contributed by atoms with Crippen molar-refractivity contribution >= 4 is 5.69 Å². The number of benzene rings is 2. The molecular weight excluding hydrogens is 220 g/mol. The van der Waals surface area contributed by atoms with Gasteiger partial charge in [-0.15, -0.1) is 0 Å². The number of anilines is 1. The molecule has 0 amide bonds. The van der Waals surface area contributed by atoms with Crippen LogP contribution in [0.15, 0.2) is 48.5 Å². The molecule has 1 unspecified atom stereocenters. The summed E-state index contributed by atoms with van der Waals surface area (Å²) in [5.74, 6) is -0.558. The topological polar surface area (TPSA) is 12.0 Å². The largest absolute Gasteiger partial charge is 0.378 e. The normalized spacial score (nSPS) is 12.2. The monoisotopic (exact) mass is 233 g/mol. The smallest absolute Gasteiger partial charge is 0.125 e. The highest BCUT2D eigenvalue weighted by atomic mass is 19.1. The highest BCUT2D eigenvalue weighted by molar-refractivity contribution is 5.45. The summed E-state index contributed by atoms with van der Waals surface area (Å²) >= 11 is 0. The first-order valence-electron chi connectivity index (χ1n) is 5.43. The molecule has 2 rings (SSSR count). The van der Waals surface area contributed by atoms with Gasteiger partial charge in [0.05, 0.1) is 0 Å². The molecule has 0 saturated heterocycles. The van der Waals surface area contributed by atoms with Gasteiger partial charge in [0.2, 0.25) is 0 Å². The van der Waals surface area contributed by atoms with Crippen LogP contribution in [0.4, 0.5) is 14.5 Å². The SMILES string of the molecule is CC(Nc1cccc(F)c1)c1cccc(F)c1. The Morgan fingerprint density at radius 2 is 1.59 bits per heavy atom. The number of nitrogens with one attached hydrogen (secondary N) is 1. The van der Waals surface area contributed by atoms with Crippen molar-refractivity contribution in [2.75, 3.05) is 5.32 Å². The van der Waals surface area contributed by atoms with Crippen LogP contribution in [0.3, 0.4) is 0 Å². The Morgan fingerprint density at radius 1 is 0.941 bits per heavy atom. The van der Waals surface area contributed by atoms with E-state index in [2.05, 4.69) is 5.32 Å². The summed E-state index contributed by atoms with van der Waals surface area (Å²) in [5, 5.41) is 3.12. The zero-order valence-electron chi connectivity index (χ0n) is 9.45. The van der Waals surface area contributed by atoms with Crippen LogP contribution in [0, 0.1) is 11.6 Å². The van der Waals surface area contributed by atoms with Gasteiger partial charge in [0.25, 0.3) is 0 Å². The zero-order valence-corrected chi connectivity index (χ0v) is 9.45. The molecule has 1 nitrogen and oxygen atoms in total.